The Morgan fingerprint density at radius 1 is 1.04 bits per heavy atom. The van der Waals surface area contributed by atoms with E-state index < -0.39 is 0 Å². The predicted molar refractivity (Wildman–Crippen MR) is 98.0 cm³/mol. The van der Waals surface area contributed by atoms with Gasteiger partial charge in [-0.15, -0.1) is 0 Å². The molecular formula is C20H20FN3O. The summed E-state index contributed by atoms with van der Waals surface area (Å²) < 4.78 is 13.1. The summed E-state index contributed by atoms with van der Waals surface area (Å²) in [6.45, 7) is 5.38. The molecule has 25 heavy (non-hydrogen) atoms. The van der Waals surface area contributed by atoms with E-state index in [4.69, 9.17) is 0 Å². The van der Waals surface area contributed by atoms with Crippen molar-refractivity contribution in [1.82, 2.24) is 4.90 Å². The first kappa shape index (κ1) is 15.7. The van der Waals surface area contributed by atoms with E-state index in [2.05, 4.69) is 15.1 Å². The van der Waals surface area contributed by atoms with Crippen LogP contribution >= 0.6 is 0 Å². The summed E-state index contributed by atoms with van der Waals surface area (Å²) in [6.07, 6.45) is 1.97. The normalized spacial score (nSPS) is 18.5. The summed E-state index contributed by atoms with van der Waals surface area (Å²) in [4.78, 5) is 16.7. The van der Waals surface area contributed by atoms with Gasteiger partial charge in [-0.1, -0.05) is 11.6 Å². The van der Waals surface area contributed by atoms with Crippen molar-refractivity contribution in [2.24, 2.45) is 0 Å². The second-order valence-corrected chi connectivity index (χ2v) is 6.55. The molecule has 2 aliphatic heterocycles. The van der Waals surface area contributed by atoms with E-state index in [1.807, 2.05) is 43.5 Å². The molecule has 5 heteroatoms. The first-order chi connectivity index (χ1) is 12.1. The Kier molecular flexibility index (Phi) is 3.92. The van der Waals surface area contributed by atoms with Crippen LogP contribution in [0, 0.1) is 12.7 Å². The molecule has 1 N–H and O–H groups in total. The predicted octanol–water partition coefficient (Wildman–Crippen LogP) is 3.25. The molecule has 0 atom stereocenters. The number of fused-ring (bicyclic) bond motifs is 1. The van der Waals surface area contributed by atoms with Gasteiger partial charge in [-0.3, -0.25) is 4.79 Å². The van der Waals surface area contributed by atoms with Gasteiger partial charge < -0.3 is 15.1 Å². The lowest BCUT2D eigenvalue weighted by atomic mass is 10.1. The summed E-state index contributed by atoms with van der Waals surface area (Å²) in [7, 11) is 0. The molecule has 2 aromatic rings. The maximum absolute atomic E-state index is 13.1. The molecule has 0 spiro atoms. The Hall–Kier alpha value is -2.82. The van der Waals surface area contributed by atoms with E-state index in [0.717, 1.165) is 54.3 Å². The van der Waals surface area contributed by atoms with E-state index in [-0.39, 0.29) is 11.7 Å². The van der Waals surface area contributed by atoms with E-state index in [1.54, 1.807) is 0 Å². The van der Waals surface area contributed by atoms with Gasteiger partial charge >= 0.3 is 0 Å². The van der Waals surface area contributed by atoms with Crippen molar-refractivity contribution in [3.05, 3.63) is 65.6 Å². The molecule has 2 aromatic carbocycles. The lowest BCUT2D eigenvalue weighted by molar-refractivity contribution is -0.110. The number of halogens is 1. The Bertz CT molecular complexity index is 837. The van der Waals surface area contributed by atoms with Crippen LogP contribution in [0.5, 0.6) is 0 Å². The number of amides is 1. The molecule has 1 amide bonds. The van der Waals surface area contributed by atoms with Gasteiger partial charge in [0.05, 0.1) is 5.57 Å². The zero-order chi connectivity index (χ0) is 17.4. The Morgan fingerprint density at radius 3 is 2.48 bits per heavy atom. The van der Waals surface area contributed by atoms with Crippen LogP contribution < -0.4 is 10.2 Å². The van der Waals surface area contributed by atoms with Gasteiger partial charge in [-0.2, -0.15) is 0 Å². The Balaban J connectivity index is 1.48. The maximum atomic E-state index is 13.1. The molecule has 0 bridgehead atoms. The summed E-state index contributed by atoms with van der Waals surface area (Å²) in [5, 5.41) is 2.92. The second-order valence-electron chi connectivity index (χ2n) is 6.55. The SMILES string of the molecule is Cc1ccc2c(c1)/C(=C\N1CCN(c3ccc(F)cc3)CC1)C(=O)N2. The van der Waals surface area contributed by atoms with Gasteiger partial charge in [0.15, 0.2) is 0 Å². The number of rotatable bonds is 2. The maximum Gasteiger partial charge on any atom is 0.257 e. The highest BCUT2D eigenvalue weighted by Crippen LogP contribution is 2.32. The largest absolute Gasteiger partial charge is 0.373 e. The average Bonchev–Trinajstić information content (AvgIpc) is 2.92. The highest BCUT2D eigenvalue weighted by molar-refractivity contribution is 6.31. The molecule has 4 nitrogen and oxygen atoms in total. The van der Waals surface area contributed by atoms with Gasteiger partial charge in [-0.05, 0) is 43.3 Å². The minimum atomic E-state index is -0.215. The lowest BCUT2D eigenvalue weighted by Crippen LogP contribution is -2.44. The Morgan fingerprint density at radius 2 is 1.76 bits per heavy atom. The monoisotopic (exact) mass is 337 g/mol. The molecule has 1 saturated heterocycles. The third-order valence-corrected chi connectivity index (χ3v) is 4.78. The summed E-state index contributed by atoms with van der Waals surface area (Å²) in [5.41, 5.74) is 4.77. The van der Waals surface area contributed by atoms with Gasteiger partial charge in [0, 0.05) is 49.3 Å². The number of carbonyl (C=O) groups excluding carboxylic acids is 1. The van der Waals surface area contributed by atoms with Crippen molar-refractivity contribution < 1.29 is 9.18 Å². The second kappa shape index (κ2) is 6.24. The molecule has 0 saturated carbocycles. The molecule has 0 radical (unpaired) electrons. The zero-order valence-corrected chi connectivity index (χ0v) is 14.1. The van der Waals surface area contributed by atoms with Crippen molar-refractivity contribution in [1.29, 1.82) is 0 Å². The number of hydrogen-bond donors (Lipinski definition) is 1. The van der Waals surface area contributed by atoms with Crippen LogP contribution in [0.2, 0.25) is 0 Å². The highest BCUT2D eigenvalue weighted by atomic mass is 19.1. The standard InChI is InChI=1S/C20H20FN3O/c1-14-2-7-19-17(12-14)18(20(25)22-19)13-23-8-10-24(11-9-23)16-5-3-15(21)4-6-16/h2-7,12-13H,8-11H2,1H3,(H,22,25)/b18-13+. The molecule has 0 aromatic heterocycles. The van der Waals surface area contributed by atoms with Crippen molar-refractivity contribution >= 4 is 22.9 Å². The summed E-state index contributed by atoms with van der Waals surface area (Å²) in [5.74, 6) is -0.255. The minimum absolute atomic E-state index is 0.0402. The number of benzene rings is 2. The minimum Gasteiger partial charge on any atom is -0.373 e. The molecule has 0 aliphatic carbocycles. The number of nitrogens with zero attached hydrogens (tertiary/aromatic N) is 2. The van der Waals surface area contributed by atoms with Crippen LogP contribution in [0.25, 0.3) is 5.57 Å². The molecule has 2 aliphatic rings. The fraction of sp³-hybridized carbons (Fsp3) is 0.250. The summed E-state index contributed by atoms with van der Waals surface area (Å²) >= 11 is 0. The number of carbonyl (C=O) groups is 1. The van der Waals surface area contributed by atoms with Gasteiger partial charge in [0.1, 0.15) is 5.82 Å². The number of aryl methyl sites for hydroxylation is 1. The van der Waals surface area contributed by atoms with Crippen LogP contribution in [0.15, 0.2) is 48.7 Å². The number of hydrogen-bond acceptors (Lipinski definition) is 3. The average molecular weight is 337 g/mol. The third-order valence-electron chi connectivity index (χ3n) is 4.78. The number of anilines is 2. The van der Waals surface area contributed by atoms with Crippen LogP contribution in [-0.2, 0) is 4.79 Å². The fourth-order valence-corrected chi connectivity index (χ4v) is 3.37. The smallest absolute Gasteiger partial charge is 0.257 e. The first-order valence-corrected chi connectivity index (χ1v) is 8.49. The van der Waals surface area contributed by atoms with Gasteiger partial charge in [0.2, 0.25) is 0 Å². The van der Waals surface area contributed by atoms with E-state index in [0.29, 0.717) is 0 Å². The fourth-order valence-electron chi connectivity index (χ4n) is 3.37. The van der Waals surface area contributed by atoms with Crippen molar-refractivity contribution in [3.8, 4) is 0 Å². The van der Waals surface area contributed by atoms with Gasteiger partial charge in [-0.25, -0.2) is 4.39 Å². The third kappa shape index (κ3) is 3.09. The van der Waals surface area contributed by atoms with Gasteiger partial charge in [0.25, 0.3) is 5.91 Å². The molecule has 2 heterocycles. The van der Waals surface area contributed by atoms with Crippen molar-refractivity contribution in [2.45, 2.75) is 6.92 Å². The molecule has 1 fully saturated rings. The highest BCUT2D eigenvalue weighted by Gasteiger charge is 2.25. The van der Waals surface area contributed by atoms with E-state index in [1.165, 1.54) is 12.1 Å². The molecule has 4 rings (SSSR count). The molecule has 0 unspecified atom stereocenters. The van der Waals surface area contributed by atoms with Crippen LogP contribution in [0.4, 0.5) is 15.8 Å². The van der Waals surface area contributed by atoms with Crippen molar-refractivity contribution in [3.63, 3.8) is 0 Å². The van der Waals surface area contributed by atoms with Crippen LogP contribution in [0.3, 0.4) is 0 Å². The van der Waals surface area contributed by atoms with Crippen LogP contribution in [-0.4, -0.2) is 37.0 Å². The number of nitrogens with one attached hydrogen (secondary N) is 1. The summed E-state index contributed by atoms with van der Waals surface area (Å²) in [6, 6.07) is 12.6. The van der Waals surface area contributed by atoms with E-state index in [9.17, 15) is 9.18 Å². The van der Waals surface area contributed by atoms with Crippen molar-refractivity contribution in [2.75, 3.05) is 36.4 Å². The quantitative estimate of drug-likeness (QED) is 0.855. The molecule has 128 valence electrons. The zero-order valence-electron chi connectivity index (χ0n) is 14.1. The van der Waals surface area contributed by atoms with Crippen LogP contribution in [0.1, 0.15) is 11.1 Å². The Labute approximate surface area is 146 Å². The lowest BCUT2D eigenvalue weighted by Gasteiger charge is -2.35. The molecular weight excluding hydrogens is 317 g/mol. The number of piperazine rings is 1. The van der Waals surface area contributed by atoms with E-state index >= 15 is 0 Å². The first-order valence-electron chi connectivity index (χ1n) is 8.49. The topological polar surface area (TPSA) is 35.6 Å².